The van der Waals surface area contributed by atoms with Crippen molar-refractivity contribution in [2.75, 3.05) is 20.3 Å². The Labute approximate surface area is 247 Å². The lowest BCUT2D eigenvalue weighted by Gasteiger charge is -2.48. The average Bonchev–Trinajstić information content (AvgIpc) is 3.26. The van der Waals surface area contributed by atoms with Gasteiger partial charge in [0, 0.05) is 37.9 Å². The van der Waals surface area contributed by atoms with Crippen molar-refractivity contribution in [3.05, 3.63) is 24.3 Å². The zero-order valence-corrected chi connectivity index (χ0v) is 25.6. The van der Waals surface area contributed by atoms with Gasteiger partial charge in [0.1, 0.15) is 6.17 Å². The molecule has 2 heterocycles. The van der Waals surface area contributed by atoms with E-state index in [2.05, 4.69) is 31.2 Å². The second kappa shape index (κ2) is 17.1. The number of carbonyl (C=O) groups excluding carboxylic acids is 1. The first-order valence-corrected chi connectivity index (χ1v) is 16.6. The monoisotopic (exact) mass is 578 g/mol. The number of methoxy groups -OCH3 is 1. The van der Waals surface area contributed by atoms with Crippen molar-refractivity contribution in [2.24, 2.45) is 17.3 Å². The first-order valence-electron chi connectivity index (χ1n) is 16.6. The number of halogens is 1. The maximum absolute atomic E-state index is 15.5. The van der Waals surface area contributed by atoms with E-state index in [9.17, 15) is 4.79 Å². The lowest BCUT2D eigenvalue weighted by atomic mass is 9.62. The van der Waals surface area contributed by atoms with Crippen LogP contribution in [-0.2, 0) is 28.5 Å². The fourth-order valence-electron chi connectivity index (χ4n) is 7.31. The number of unbranched alkanes of at least 4 members (excludes halogenated alkanes) is 1. The molecule has 2 saturated carbocycles. The number of carbonyl (C=O) groups is 1. The van der Waals surface area contributed by atoms with Crippen LogP contribution in [0.2, 0.25) is 0 Å². The third kappa shape index (κ3) is 9.61. The standard InChI is InChI=1S/C34H55FO6/c1-3-20-34(21-13-22-34)30(41-33-19-9-11-24-39-33)16-12-15-27-26(14-6-4-5-7-17-31(36)37-2)28(35)25-29(27)40-32-18-8-10-23-38-32/h4,6,12,15,26-30,32-33H,3,5,7-11,13-14,16-25H2,1-2H3/b6-4-,15-12+/t26-,27-,28-,29-,30?,32?,33?/m1/s1. The first kappa shape index (κ1) is 32.6. The van der Waals surface area contributed by atoms with Crippen molar-refractivity contribution >= 4 is 5.97 Å². The topological polar surface area (TPSA) is 63.2 Å². The van der Waals surface area contributed by atoms with Gasteiger partial charge in [-0.2, -0.15) is 0 Å². The molecule has 0 aromatic carbocycles. The molecule has 234 valence electrons. The predicted octanol–water partition coefficient (Wildman–Crippen LogP) is 7.99. The van der Waals surface area contributed by atoms with E-state index in [1.165, 1.54) is 32.8 Å². The van der Waals surface area contributed by atoms with Gasteiger partial charge in [0.15, 0.2) is 12.6 Å². The van der Waals surface area contributed by atoms with Crippen LogP contribution in [0.5, 0.6) is 0 Å². The third-order valence-corrected chi connectivity index (χ3v) is 9.81. The molecule has 0 bridgehead atoms. The Morgan fingerprint density at radius 3 is 2.41 bits per heavy atom. The Bertz CT molecular complexity index is 814. The molecule has 0 aromatic heterocycles. The van der Waals surface area contributed by atoms with Gasteiger partial charge in [0.25, 0.3) is 0 Å². The summed E-state index contributed by atoms with van der Waals surface area (Å²) < 4.78 is 45.2. The van der Waals surface area contributed by atoms with Gasteiger partial charge in [0.2, 0.25) is 0 Å². The van der Waals surface area contributed by atoms with Crippen molar-refractivity contribution in [1.29, 1.82) is 0 Å². The minimum Gasteiger partial charge on any atom is -0.469 e. The van der Waals surface area contributed by atoms with E-state index in [-0.39, 0.29) is 48.0 Å². The molecule has 4 aliphatic rings. The van der Waals surface area contributed by atoms with Gasteiger partial charge in [-0.3, -0.25) is 4.79 Å². The Morgan fingerprint density at radius 1 is 1.02 bits per heavy atom. The summed E-state index contributed by atoms with van der Waals surface area (Å²) in [7, 11) is 1.41. The third-order valence-electron chi connectivity index (χ3n) is 9.81. The lowest BCUT2D eigenvalue weighted by Crippen LogP contribution is -2.45. The zero-order chi connectivity index (χ0) is 28.9. The largest absolute Gasteiger partial charge is 0.469 e. The molecule has 6 nitrogen and oxygen atoms in total. The number of esters is 1. The van der Waals surface area contributed by atoms with Crippen molar-refractivity contribution in [2.45, 2.75) is 147 Å². The summed E-state index contributed by atoms with van der Waals surface area (Å²) >= 11 is 0. The van der Waals surface area contributed by atoms with Crippen LogP contribution in [0.1, 0.15) is 116 Å². The molecule has 0 N–H and O–H groups in total. The number of hydrogen-bond donors (Lipinski definition) is 0. The first-order chi connectivity index (χ1) is 20.0. The van der Waals surface area contributed by atoms with Crippen molar-refractivity contribution in [3.8, 4) is 0 Å². The Balaban J connectivity index is 1.42. The summed E-state index contributed by atoms with van der Waals surface area (Å²) in [5, 5.41) is 0. The van der Waals surface area contributed by atoms with Crippen LogP contribution in [-0.4, -0.2) is 57.3 Å². The fourth-order valence-corrected chi connectivity index (χ4v) is 7.31. The van der Waals surface area contributed by atoms with Crippen molar-refractivity contribution in [1.82, 2.24) is 0 Å². The zero-order valence-electron chi connectivity index (χ0n) is 25.6. The van der Waals surface area contributed by atoms with Crippen molar-refractivity contribution < 1.29 is 32.9 Å². The summed E-state index contributed by atoms with van der Waals surface area (Å²) in [6.45, 7) is 3.78. The van der Waals surface area contributed by atoms with E-state index in [4.69, 9.17) is 23.7 Å². The summed E-state index contributed by atoms with van der Waals surface area (Å²) in [4.78, 5) is 11.4. The maximum Gasteiger partial charge on any atom is 0.305 e. The number of hydrogen-bond acceptors (Lipinski definition) is 6. The molecular formula is C34H55FO6. The highest BCUT2D eigenvalue weighted by atomic mass is 19.1. The van der Waals surface area contributed by atoms with E-state index in [1.807, 2.05) is 0 Å². The fraction of sp³-hybridized carbons (Fsp3) is 0.853. The molecule has 41 heavy (non-hydrogen) atoms. The van der Waals surface area contributed by atoms with E-state index in [1.54, 1.807) is 0 Å². The second-order valence-electron chi connectivity index (χ2n) is 12.7. The van der Waals surface area contributed by atoms with E-state index in [0.717, 1.165) is 77.4 Å². The molecule has 0 aromatic rings. The molecule has 2 aliphatic heterocycles. The van der Waals surface area contributed by atoms with Gasteiger partial charge >= 0.3 is 5.97 Å². The molecule has 4 rings (SSSR count). The van der Waals surface area contributed by atoms with Gasteiger partial charge in [-0.05, 0) is 88.9 Å². The molecular weight excluding hydrogens is 523 g/mol. The quantitative estimate of drug-likeness (QED) is 0.105. The van der Waals surface area contributed by atoms with Crippen LogP contribution in [0.25, 0.3) is 0 Å². The number of rotatable bonds is 16. The summed E-state index contributed by atoms with van der Waals surface area (Å²) in [6, 6.07) is 0. The molecule has 0 radical (unpaired) electrons. The van der Waals surface area contributed by atoms with Gasteiger partial charge in [-0.15, -0.1) is 0 Å². The second-order valence-corrected chi connectivity index (χ2v) is 12.7. The average molecular weight is 579 g/mol. The predicted molar refractivity (Wildman–Crippen MR) is 158 cm³/mol. The SMILES string of the molecule is CCCC1(C(C/C=C/[C@@H]2[C@@H](C/C=C\CCCC(=O)OC)[C@H](F)C[C@H]2OC2CCCCO2)OC2CCCCO2)CCC1. The Morgan fingerprint density at radius 2 is 1.78 bits per heavy atom. The maximum atomic E-state index is 15.5. The molecule has 0 amide bonds. The molecule has 2 aliphatic carbocycles. The van der Waals surface area contributed by atoms with E-state index < -0.39 is 6.17 Å². The highest BCUT2D eigenvalue weighted by Crippen LogP contribution is 2.50. The highest BCUT2D eigenvalue weighted by molar-refractivity contribution is 5.69. The smallest absolute Gasteiger partial charge is 0.305 e. The van der Waals surface area contributed by atoms with Gasteiger partial charge in [-0.25, -0.2) is 4.39 Å². The Kier molecular flexibility index (Phi) is 13.6. The van der Waals surface area contributed by atoms with Crippen LogP contribution in [0.15, 0.2) is 24.3 Å². The lowest BCUT2D eigenvalue weighted by molar-refractivity contribution is -0.223. The molecule has 7 atom stereocenters. The van der Waals surface area contributed by atoms with E-state index >= 15 is 4.39 Å². The van der Waals surface area contributed by atoms with Gasteiger partial charge < -0.3 is 23.7 Å². The summed E-state index contributed by atoms with van der Waals surface area (Å²) in [5.74, 6) is -0.329. The number of allylic oxidation sites excluding steroid dienone is 2. The summed E-state index contributed by atoms with van der Waals surface area (Å²) in [6.07, 6.45) is 23.5. The van der Waals surface area contributed by atoms with Crippen LogP contribution >= 0.6 is 0 Å². The highest BCUT2D eigenvalue weighted by Gasteiger charge is 2.46. The van der Waals surface area contributed by atoms with Crippen molar-refractivity contribution in [3.63, 3.8) is 0 Å². The molecule has 0 spiro atoms. The minimum atomic E-state index is -0.918. The molecule has 3 unspecified atom stereocenters. The molecule has 2 saturated heterocycles. The number of alkyl halides is 1. The Hall–Kier alpha value is -1.28. The minimum absolute atomic E-state index is 0.00894. The van der Waals surface area contributed by atoms with E-state index in [0.29, 0.717) is 19.3 Å². The van der Waals surface area contributed by atoms with Crippen LogP contribution in [0.4, 0.5) is 4.39 Å². The molecule has 7 heteroatoms. The van der Waals surface area contributed by atoms with Gasteiger partial charge in [0.05, 0.1) is 19.3 Å². The van der Waals surface area contributed by atoms with Crippen LogP contribution < -0.4 is 0 Å². The molecule has 4 fully saturated rings. The van der Waals surface area contributed by atoms with Crippen LogP contribution in [0, 0.1) is 17.3 Å². The normalized spacial score (nSPS) is 32.8. The summed E-state index contributed by atoms with van der Waals surface area (Å²) in [5.41, 5.74) is 0.233. The van der Waals surface area contributed by atoms with Crippen LogP contribution in [0.3, 0.4) is 0 Å². The number of ether oxygens (including phenoxy) is 5. The van der Waals surface area contributed by atoms with Gasteiger partial charge in [-0.1, -0.05) is 44.1 Å².